The van der Waals surface area contributed by atoms with Gasteiger partial charge in [0, 0.05) is 5.08 Å². The first-order chi connectivity index (χ1) is 5.12. The standard InChI is InChI=1S/C5H14NOPS3/c1-3-7-8(6,9)11-5-10-4-2/h3-5H2,1-2H3,(H2,6,9). The van der Waals surface area contributed by atoms with E-state index in [1.54, 1.807) is 11.4 Å². The minimum Gasteiger partial charge on any atom is -0.331 e. The number of hydrogen-bond acceptors (Lipinski definition) is 4. The molecule has 0 aromatic carbocycles. The van der Waals surface area contributed by atoms with Gasteiger partial charge in [0.2, 0.25) is 0 Å². The first-order valence-corrected chi connectivity index (χ1v) is 8.91. The highest BCUT2D eigenvalue weighted by Gasteiger charge is 2.09. The third-order valence-corrected chi connectivity index (χ3v) is 6.91. The zero-order chi connectivity index (χ0) is 8.74. The SMILES string of the molecule is CCOP(N)(=S)SCSCC. The summed E-state index contributed by atoms with van der Waals surface area (Å²) in [7, 11) is 0. The van der Waals surface area contributed by atoms with Gasteiger partial charge in [-0.25, -0.2) is 0 Å². The molecular formula is C5H14NOPS3. The summed E-state index contributed by atoms with van der Waals surface area (Å²) in [6.45, 7) is 4.66. The summed E-state index contributed by atoms with van der Waals surface area (Å²) in [6, 6.07) is 0. The first kappa shape index (κ1) is 12.3. The Balaban J connectivity index is 3.47. The van der Waals surface area contributed by atoms with Gasteiger partial charge in [-0.1, -0.05) is 18.3 Å². The van der Waals surface area contributed by atoms with Crippen LogP contribution in [0.1, 0.15) is 13.8 Å². The molecule has 0 radical (unpaired) electrons. The highest BCUT2D eigenvalue weighted by Crippen LogP contribution is 2.53. The van der Waals surface area contributed by atoms with E-state index >= 15 is 0 Å². The average molecular weight is 231 g/mol. The molecule has 0 aliphatic carbocycles. The quantitative estimate of drug-likeness (QED) is 0.432. The smallest absolute Gasteiger partial charge is 0.183 e. The van der Waals surface area contributed by atoms with Crippen molar-refractivity contribution >= 4 is 40.6 Å². The summed E-state index contributed by atoms with van der Waals surface area (Å²) >= 11 is 8.47. The van der Waals surface area contributed by atoms with Gasteiger partial charge in [-0.05, 0) is 24.5 Å². The minimum atomic E-state index is -1.99. The van der Waals surface area contributed by atoms with Crippen LogP contribution in [0.25, 0.3) is 0 Å². The Kier molecular flexibility index (Phi) is 7.53. The second-order valence-corrected chi connectivity index (χ2v) is 9.94. The molecule has 2 nitrogen and oxygen atoms in total. The fourth-order valence-corrected chi connectivity index (χ4v) is 6.41. The van der Waals surface area contributed by atoms with Crippen LogP contribution in [0.3, 0.4) is 0 Å². The third-order valence-electron chi connectivity index (χ3n) is 0.829. The molecule has 0 amide bonds. The predicted molar refractivity (Wildman–Crippen MR) is 60.7 cm³/mol. The lowest BCUT2D eigenvalue weighted by Gasteiger charge is -2.13. The normalized spacial score (nSPS) is 16.3. The number of rotatable bonds is 6. The Morgan fingerprint density at radius 3 is 2.64 bits per heavy atom. The highest BCUT2D eigenvalue weighted by molar-refractivity contribution is 8.70. The molecule has 0 saturated heterocycles. The lowest BCUT2D eigenvalue weighted by Crippen LogP contribution is -1.95. The van der Waals surface area contributed by atoms with E-state index in [9.17, 15) is 0 Å². The molecule has 0 saturated carbocycles. The molecule has 68 valence electrons. The van der Waals surface area contributed by atoms with E-state index in [4.69, 9.17) is 21.8 Å². The molecule has 0 aliphatic rings. The van der Waals surface area contributed by atoms with Crippen molar-refractivity contribution in [1.82, 2.24) is 0 Å². The van der Waals surface area contributed by atoms with E-state index in [1.807, 2.05) is 18.7 Å². The predicted octanol–water partition coefficient (Wildman–Crippen LogP) is 2.65. The van der Waals surface area contributed by atoms with Crippen LogP contribution in [0.15, 0.2) is 0 Å². The summed E-state index contributed by atoms with van der Waals surface area (Å²) in [5.41, 5.74) is 3.73. The molecule has 6 heteroatoms. The largest absolute Gasteiger partial charge is 0.331 e. The molecule has 0 bridgehead atoms. The van der Waals surface area contributed by atoms with Gasteiger partial charge in [-0.15, -0.1) is 0 Å². The molecule has 0 fully saturated rings. The van der Waals surface area contributed by atoms with Crippen molar-refractivity contribution in [1.29, 1.82) is 0 Å². The maximum Gasteiger partial charge on any atom is 0.183 e. The van der Waals surface area contributed by atoms with Gasteiger partial charge in [-0.2, -0.15) is 11.8 Å². The van der Waals surface area contributed by atoms with Crippen LogP contribution in [0.5, 0.6) is 0 Å². The molecule has 0 aromatic rings. The molecular weight excluding hydrogens is 217 g/mol. The molecule has 0 aliphatic heterocycles. The van der Waals surface area contributed by atoms with Crippen molar-refractivity contribution in [2.75, 3.05) is 17.4 Å². The average Bonchev–Trinajstić information content (AvgIpc) is 1.87. The van der Waals surface area contributed by atoms with Gasteiger partial charge >= 0.3 is 0 Å². The van der Waals surface area contributed by atoms with Gasteiger partial charge in [0.25, 0.3) is 0 Å². The van der Waals surface area contributed by atoms with E-state index in [-0.39, 0.29) is 0 Å². The van der Waals surface area contributed by atoms with Crippen LogP contribution in [-0.4, -0.2) is 17.4 Å². The van der Waals surface area contributed by atoms with Crippen molar-refractivity contribution in [3.63, 3.8) is 0 Å². The second kappa shape index (κ2) is 6.75. The van der Waals surface area contributed by atoms with Crippen LogP contribution >= 0.6 is 28.8 Å². The number of nitrogens with two attached hydrogens (primary N) is 1. The molecule has 0 heterocycles. The van der Waals surface area contributed by atoms with Crippen molar-refractivity contribution in [2.45, 2.75) is 13.8 Å². The van der Waals surface area contributed by atoms with Gasteiger partial charge in [0.15, 0.2) is 5.62 Å². The fourth-order valence-electron chi connectivity index (χ4n) is 0.411. The summed E-state index contributed by atoms with van der Waals surface area (Å²) in [5, 5.41) is 0.949. The zero-order valence-electron chi connectivity index (χ0n) is 6.78. The lowest BCUT2D eigenvalue weighted by molar-refractivity contribution is 0.385. The van der Waals surface area contributed by atoms with Crippen molar-refractivity contribution in [3.05, 3.63) is 0 Å². The van der Waals surface area contributed by atoms with Gasteiger partial charge < -0.3 is 4.52 Å². The van der Waals surface area contributed by atoms with E-state index < -0.39 is 5.62 Å². The Morgan fingerprint density at radius 1 is 1.55 bits per heavy atom. The first-order valence-electron chi connectivity index (χ1n) is 3.37. The second-order valence-electron chi connectivity index (χ2n) is 1.70. The zero-order valence-corrected chi connectivity index (χ0v) is 10.1. The van der Waals surface area contributed by atoms with Crippen LogP contribution < -0.4 is 5.50 Å². The van der Waals surface area contributed by atoms with E-state index in [1.165, 1.54) is 0 Å². The van der Waals surface area contributed by atoms with Crippen molar-refractivity contribution in [3.8, 4) is 0 Å². The molecule has 0 rings (SSSR count). The Bertz CT molecular complexity index is 144. The summed E-state index contributed by atoms with van der Waals surface area (Å²) in [5.74, 6) is 1.11. The molecule has 0 aromatic heterocycles. The van der Waals surface area contributed by atoms with Crippen molar-refractivity contribution in [2.24, 2.45) is 5.50 Å². The van der Waals surface area contributed by atoms with Crippen LogP contribution in [0.2, 0.25) is 0 Å². The topological polar surface area (TPSA) is 35.2 Å². The van der Waals surface area contributed by atoms with Crippen LogP contribution in [0.4, 0.5) is 0 Å². The van der Waals surface area contributed by atoms with E-state index in [2.05, 4.69) is 6.92 Å². The maximum atomic E-state index is 5.72. The van der Waals surface area contributed by atoms with E-state index in [0.717, 1.165) is 10.8 Å². The summed E-state index contributed by atoms with van der Waals surface area (Å²) < 4.78 is 5.23. The Hall–Kier alpha value is 1.27. The minimum absolute atomic E-state index is 0.623. The summed E-state index contributed by atoms with van der Waals surface area (Å²) in [6.07, 6.45) is 0. The molecule has 2 N–H and O–H groups in total. The Morgan fingerprint density at radius 2 is 2.18 bits per heavy atom. The maximum absolute atomic E-state index is 5.72. The van der Waals surface area contributed by atoms with Gasteiger partial charge in [0.05, 0.1) is 6.61 Å². The van der Waals surface area contributed by atoms with Crippen LogP contribution in [0, 0.1) is 0 Å². The molecule has 1 atom stereocenters. The highest BCUT2D eigenvalue weighted by atomic mass is 32.9. The molecule has 1 unspecified atom stereocenters. The fraction of sp³-hybridized carbons (Fsp3) is 1.00. The van der Waals surface area contributed by atoms with E-state index in [0.29, 0.717) is 6.61 Å². The monoisotopic (exact) mass is 231 g/mol. The Labute approximate surface area is 81.9 Å². The van der Waals surface area contributed by atoms with Crippen molar-refractivity contribution < 1.29 is 4.52 Å². The third kappa shape index (κ3) is 7.62. The summed E-state index contributed by atoms with van der Waals surface area (Å²) in [4.78, 5) is 0. The van der Waals surface area contributed by atoms with Gasteiger partial charge in [0.1, 0.15) is 0 Å². The molecule has 0 spiro atoms. The lowest BCUT2D eigenvalue weighted by atomic mass is 10.9. The van der Waals surface area contributed by atoms with Crippen LogP contribution in [-0.2, 0) is 16.3 Å². The number of thioether (sulfide) groups is 1. The molecule has 11 heavy (non-hydrogen) atoms. The van der Waals surface area contributed by atoms with Gasteiger partial charge in [-0.3, -0.25) is 5.50 Å². The number of hydrogen-bond donors (Lipinski definition) is 1.